The summed E-state index contributed by atoms with van der Waals surface area (Å²) in [7, 11) is 0. The monoisotopic (exact) mass is 185 g/mol. The molecule has 70 valence electrons. The molecule has 0 amide bonds. The number of hydrogen-bond donors (Lipinski definition) is 1. The van der Waals surface area contributed by atoms with Gasteiger partial charge in [-0.2, -0.15) is 0 Å². The van der Waals surface area contributed by atoms with E-state index >= 15 is 0 Å². The van der Waals surface area contributed by atoms with Crippen molar-refractivity contribution in [3.05, 3.63) is 35.5 Å². The zero-order valence-electron chi connectivity index (χ0n) is 8.00. The van der Waals surface area contributed by atoms with Crippen molar-refractivity contribution in [3.8, 4) is 0 Å². The molecule has 1 aliphatic rings. The fourth-order valence-corrected chi connectivity index (χ4v) is 2.27. The zero-order valence-corrected chi connectivity index (χ0v) is 8.00. The first-order valence-corrected chi connectivity index (χ1v) is 4.91. The number of hydrogen-bond acceptors (Lipinski definition) is 1. The number of aromatic amines is 1. The van der Waals surface area contributed by atoms with E-state index in [1.54, 1.807) is 0 Å². The largest absolute Gasteiger partial charge is 0.352 e. The van der Waals surface area contributed by atoms with Crippen LogP contribution in [0.1, 0.15) is 23.0 Å². The normalized spacial score (nSPS) is 20.4. The quantitative estimate of drug-likeness (QED) is 0.672. The number of H-pyrrole nitrogens is 1. The van der Waals surface area contributed by atoms with Crippen molar-refractivity contribution in [3.63, 3.8) is 0 Å². The summed E-state index contributed by atoms with van der Waals surface area (Å²) in [4.78, 5) is 14.9. The van der Waals surface area contributed by atoms with Gasteiger partial charge in [0.2, 0.25) is 0 Å². The summed E-state index contributed by atoms with van der Waals surface area (Å²) in [5, 5.41) is 1.21. The van der Waals surface area contributed by atoms with Gasteiger partial charge in [0.15, 0.2) is 5.78 Å². The van der Waals surface area contributed by atoms with Gasteiger partial charge in [-0.25, -0.2) is 0 Å². The number of para-hydroxylation sites is 1. The number of nitrogens with one attached hydrogen (secondary N) is 1. The number of aromatic nitrogens is 1. The van der Waals surface area contributed by atoms with E-state index in [-0.39, 0.29) is 11.7 Å². The molecular formula is C12H11NO. The van der Waals surface area contributed by atoms with Gasteiger partial charge in [0.1, 0.15) is 0 Å². The lowest BCUT2D eigenvalue weighted by atomic mass is 10.1. The van der Waals surface area contributed by atoms with E-state index in [0.29, 0.717) is 0 Å². The van der Waals surface area contributed by atoms with Gasteiger partial charge in [0.25, 0.3) is 0 Å². The highest BCUT2D eigenvalue weighted by Gasteiger charge is 2.30. The smallest absolute Gasteiger partial charge is 0.182 e. The Bertz CT molecular complexity index is 524. The van der Waals surface area contributed by atoms with E-state index in [4.69, 9.17) is 0 Å². The Morgan fingerprint density at radius 2 is 2.14 bits per heavy atom. The molecule has 0 spiro atoms. The number of ketones is 1. The molecule has 1 atom stereocenters. The van der Waals surface area contributed by atoms with Crippen LogP contribution in [0.25, 0.3) is 10.9 Å². The second-order valence-electron chi connectivity index (χ2n) is 3.99. The van der Waals surface area contributed by atoms with Gasteiger partial charge < -0.3 is 4.98 Å². The van der Waals surface area contributed by atoms with Crippen molar-refractivity contribution in [1.29, 1.82) is 0 Å². The van der Waals surface area contributed by atoms with Crippen LogP contribution < -0.4 is 0 Å². The maximum Gasteiger partial charge on any atom is 0.182 e. The average Bonchev–Trinajstić information content (AvgIpc) is 2.67. The lowest BCUT2D eigenvalue weighted by molar-refractivity contribution is 0.0942. The van der Waals surface area contributed by atoms with Crippen LogP contribution >= 0.6 is 0 Å². The standard InChI is InChI=1S/C12H11NO/c1-7-6-9-8-4-2-3-5-10(8)13-11(9)12(7)14/h2-5,7,13H,6H2,1H3. The molecule has 0 aliphatic heterocycles. The van der Waals surface area contributed by atoms with Gasteiger partial charge in [-0.15, -0.1) is 0 Å². The second kappa shape index (κ2) is 2.47. The average molecular weight is 185 g/mol. The van der Waals surface area contributed by atoms with Crippen LogP contribution in [-0.2, 0) is 6.42 Å². The Hall–Kier alpha value is -1.57. The van der Waals surface area contributed by atoms with Crippen LogP contribution in [-0.4, -0.2) is 10.8 Å². The van der Waals surface area contributed by atoms with Gasteiger partial charge in [0.05, 0.1) is 5.69 Å². The molecule has 0 fully saturated rings. The highest BCUT2D eigenvalue weighted by Crippen LogP contribution is 2.32. The van der Waals surface area contributed by atoms with Gasteiger partial charge in [-0.3, -0.25) is 4.79 Å². The number of benzene rings is 1. The van der Waals surface area contributed by atoms with Crippen LogP contribution in [0.15, 0.2) is 24.3 Å². The molecular weight excluding hydrogens is 174 g/mol. The van der Waals surface area contributed by atoms with Gasteiger partial charge in [0, 0.05) is 16.8 Å². The van der Waals surface area contributed by atoms with E-state index in [1.165, 1.54) is 10.9 Å². The summed E-state index contributed by atoms with van der Waals surface area (Å²) in [5.74, 6) is 0.414. The third-order valence-electron chi connectivity index (χ3n) is 3.02. The highest BCUT2D eigenvalue weighted by molar-refractivity contribution is 6.06. The lowest BCUT2D eigenvalue weighted by Gasteiger charge is -1.97. The minimum Gasteiger partial charge on any atom is -0.352 e. The fraction of sp³-hybridized carbons (Fsp3) is 0.250. The third-order valence-corrected chi connectivity index (χ3v) is 3.02. The molecule has 0 radical (unpaired) electrons. The van der Waals surface area contributed by atoms with E-state index in [2.05, 4.69) is 11.1 Å². The fourth-order valence-electron chi connectivity index (χ4n) is 2.27. The van der Waals surface area contributed by atoms with Crippen LogP contribution in [0.5, 0.6) is 0 Å². The molecule has 0 bridgehead atoms. The maximum absolute atomic E-state index is 11.7. The van der Waals surface area contributed by atoms with Gasteiger partial charge >= 0.3 is 0 Å². The molecule has 1 N–H and O–H groups in total. The number of fused-ring (bicyclic) bond motifs is 3. The summed E-state index contributed by atoms with van der Waals surface area (Å²) in [6, 6.07) is 8.10. The summed E-state index contributed by atoms with van der Waals surface area (Å²) in [6.07, 6.45) is 0.887. The minimum absolute atomic E-state index is 0.154. The second-order valence-corrected chi connectivity index (χ2v) is 3.99. The molecule has 14 heavy (non-hydrogen) atoms. The molecule has 1 heterocycles. The SMILES string of the molecule is CC1Cc2c([nH]c3ccccc23)C1=O. The van der Waals surface area contributed by atoms with Crippen molar-refractivity contribution in [2.45, 2.75) is 13.3 Å². The summed E-state index contributed by atoms with van der Waals surface area (Å²) in [5.41, 5.74) is 3.12. The minimum atomic E-state index is 0.154. The molecule has 2 heteroatoms. The number of carbonyl (C=O) groups excluding carboxylic acids is 1. The number of Topliss-reactive ketones (excluding diaryl/α,β-unsaturated/α-hetero) is 1. The zero-order chi connectivity index (χ0) is 9.71. The Labute approximate surface area is 81.9 Å². The molecule has 3 rings (SSSR count). The van der Waals surface area contributed by atoms with Crippen LogP contribution in [0.3, 0.4) is 0 Å². The maximum atomic E-state index is 11.7. The van der Waals surface area contributed by atoms with Crippen molar-refractivity contribution < 1.29 is 4.79 Å². The number of carbonyl (C=O) groups is 1. The Balaban J connectivity index is 2.36. The first-order chi connectivity index (χ1) is 6.77. The summed E-state index contributed by atoms with van der Waals surface area (Å²) in [6.45, 7) is 1.99. The summed E-state index contributed by atoms with van der Waals surface area (Å²) < 4.78 is 0. The van der Waals surface area contributed by atoms with E-state index in [9.17, 15) is 4.79 Å². The number of rotatable bonds is 0. The molecule has 1 aliphatic carbocycles. The van der Waals surface area contributed by atoms with Crippen LogP contribution in [0.4, 0.5) is 0 Å². The van der Waals surface area contributed by atoms with E-state index < -0.39 is 0 Å². The Morgan fingerprint density at radius 3 is 3.00 bits per heavy atom. The molecule has 2 aromatic rings. The van der Waals surface area contributed by atoms with Crippen molar-refractivity contribution in [2.24, 2.45) is 5.92 Å². The molecule has 1 aromatic heterocycles. The van der Waals surface area contributed by atoms with Crippen molar-refractivity contribution >= 4 is 16.7 Å². The molecule has 2 nitrogen and oxygen atoms in total. The highest BCUT2D eigenvalue weighted by atomic mass is 16.1. The topological polar surface area (TPSA) is 32.9 Å². The first-order valence-electron chi connectivity index (χ1n) is 4.91. The van der Waals surface area contributed by atoms with Gasteiger partial charge in [-0.1, -0.05) is 25.1 Å². The van der Waals surface area contributed by atoms with E-state index in [0.717, 1.165) is 17.6 Å². The Kier molecular flexibility index (Phi) is 1.38. The van der Waals surface area contributed by atoms with Crippen LogP contribution in [0, 0.1) is 5.92 Å². The van der Waals surface area contributed by atoms with Crippen molar-refractivity contribution in [1.82, 2.24) is 4.98 Å². The predicted octanol–water partition coefficient (Wildman–Crippen LogP) is 2.54. The van der Waals surface area contributed by atoms with E-state index in [1.807, 2.05) is 25.1 Å². The molecule has 0 saturated carbocycles. The van der Waals surface area contributed by atoms with Crippen LogP contribution in [0.2, 0.25) is 0 Å². The third kappa shape index (κ3) is 0.830. The Morgan fingerprint density at radius 1 is 1.36 bits per heavy atom. The molecule has 1 aromatic carbocycles. The van der Waals surface area contributed by atoms with Crippen molar-refractivity contribution in [2.75, 3.05) is 0 Å². The predicted molar refractivity (Wildman–Crippen MR) is 55.5 cm³/mol. The van der Waals surface area contributed by atoms with Gasteiger partial charge in [-0.05, 0) is 18.1 Å². The lowest BCUT2D eigenvalue weighted by Crippen LogP contribution is -2.04. The molecule has 0 saturated heterocycles. The molecule has 1 unspecified atom stereocenters. The summed E-state index contributed by atoms with van der Waals surface area (Å²) >= 11 is 0. The first kappa shape index (κ1) is 7.80.